The van der Waals surface area contributed by atoms with Crippen molar-refractivity contribution in [2.45, 2.75) is 291 Å². The van der Waals surface area contributed by atoms with Crippen molar-refractivity contribution in [1.29, 1.82) is 0 Å². The first-order valence-electron chi connectivity index (χ1n) is 23.9. The van der Waals surface area contributed by atoms with Gasteiger partial charge in [0.1, 0.15) is 12.4 Å². The van der Waals surface area contributed by atoms with Crippen LogP contribution in [0.4, 0.5) is 0 Å². The smallest absolute Gasteiger partial charge is 0.234 e. The maximum Gasteiger partial charge on any atom is 0.256 e. The number of unbranched alkanes of at least 4 members (excludes halogenated alkanes) is 36. The van der Waals surface area contributed by atoms with Crippen LogP contribution in [0.1, 0.15) is 277 Å². The van der Waals surface area contributed by atoms with Crippen LogP contribution < -0.4 is 4.57 Å². The fraction of sp³-hybridized carbons (Fsp3) is 0.938. The Bertz CT molecular complexity index is 766. The van der Waals surface area contributed by atoms with Crippen LogP contribution in [0.5, 0.6) is 0 Å². The van der Waals surface area contributed by atoms with Crippen LogP contribution >= 0.6 is 0 Å². The minimum atomic E-state index is 1.23. The number of aryl methyl sites for hydroxylation is 2. The van der Waals surface area contributed by atoms with E-state index in [0.29, 0.717) is 0 Å². The van der Waals surface area contributed by atoms with Gasteiger partial charge in [-0.15, -0.1) is 0 Å². The van der Waals surface area contributed by atoms with Gasteiger partial charge in [0, 0.05) is 6.42 Å². The monoisotopic (exact) mass is 700 g/mol. The summed E-state index contributed by atoms with van der Waals surface area (Å²) in [5.41, 5.74) is 0. The van der Waals surface area contributed by atoms with E-state index in [1.54, 1.807) is 5.82 Å². The molecule has 0 saturated carbocycles. The molecule has 0 amide bonds. The maximum atomic E-state index is 2.65. The first-order valence-corrected chi connectivity index (χ1v) is 23.9. The van der Waals surface area contributed by atoms with E-state index in [1.807, 2.05) is 0 Å². The van der Waals surface area contributed by atoms with E-state index in [1.165, 1.54) is 270 Å². The molecule has 2 nitrogen and oxygen atoms in total. The third kappa shape index (κ3) is 30.8. The molecule has 1 aromatic heterocycles. The minimum Gasteiger partial charge on any atom is -0.234 e. The quantitative estimate of drug-likeness (QED) is 0.0474. The summed E-state index contributed by atoms with van der Waals surface area (Å²) < 4.78 is 5.30. The fourth-order valence-electron chi connectivity index (χ4n) is 8.09. The Morgan fingerprint density at radius 1 is 0.340 bits per heavy atom. The Labute approximate surface area is 317 Å². The summed E-state index contributed by atoms with van der Waals surface area (Å²) in [5, 5.41) is 0. The zero-order valence-electron chi connectivity index (χ0n) is 35.2. The van der Waals surface area contributed by atoms with Gasteiger partial charge < -0.3 is 0 Å². The molecule has 0 aliphatic carbocycles. The van der Waals surface area contributed by atoms with Gasteiger partial charge >= 0.3 is 0 Å². The third-order valence-electron chi connectivity index (χ3n) is 11.6. The van der Waals surface area contributed by atoms with Crippen LogP contribution in [0.25, 0.3) is 0 Å². The summed E-state index contributed by atoms with van der Waals surface area (Å²) in [7, 11) is 0. The highest BCUT2D eigenvalue weighted by atomic mass is 15.1. The predicted octanol–water partition coefficient (Wildman–Crippen LogP) is 16.6. The highest BCUT2D eigenvalue weighted by molar-refractivity contribution is 4.84. The molecule has 50 heavy (non-hydrogen) atoms. The summed E-state index contributed by atoms with van der Waals surface area (Å²) >= 11 is 0. The van der Waals surface area contributed by atoms with Crippen molar-refractivity contribution >= 4 is 0 Å². The van der Waals surface area contributed by atoms with Gasteiger partial charge in [-0.25, -0.2) is 9.13 Å². The van der Waals surface area contributed by atoms with Crippen LogP contribution in [0.3, 0.4) is 0 Å². The predicted molar refractivity (Wildman–Crippen MR) is 225 cm³/mol. The van der Waals surface area contributed by atoms with Crippen molar-refractivity contribution in [1.82, 2.24) is 4.57 Å². The summed E-state index contributed by atoms with van der Waals surface area (Å²) in [5.74, 6) is 1.63. The van der Waals surface area contributed by atoms with Gasteiger partial charge in [-0.3, -0.25) is 0 Å². The fourth-order valence-corrected chi connectivity index (χ4v) is 8.09. The zero-order valence-corrected chi connectivity index (χ0v) is 35.2. The normalized spacial score (nSPS) is 11.7. The van der Waals surface area contributed by atoms with E-state index in [9.17, 15) is 0 Å². The second-order valence-corrected chi connectivity index (χ2v) is 16.6. The third-order valence-corrected chi connectivity index (χ3v) is 11.6. The number of hydrogen-bond acceptors (Lipinski definition) is 0. The molecule has 0 aliphatic rings. The van der Waals surface area contributed by atoms with Gasteiger partial charge in [-0.05, 0) is 32.1 Å². The van der Waals surface area contributed by atoms with Gasteiger partial charge in [0.15, 0.2) is 0 Å². The van der Waals surface area contributed by atoms with E-state index in [4.69, 9.17) is 0 Å². The molecular weight excluding hydrogens is 605 g/mol. The Hall–Kier alpha value is -0.790. The molecule has 296 valence electrons. The number of imidazole rings is 1. The number of nitrogens with zero attached hydrogens (tertiary/aromatic N) is 2. The Morgan fingerprint density at radius 2 is 0.620 bits per heavy atom. The summed E-state index contributed by atoms with van der Waals surface area (Å²) in [6, 6.07) is 0. The van der Waals surface area contributed by atoms with Crippen LogP contribution in [0.15, 0.2) is 12.4 Å². The average Bonchev–Trinajstić information content (AvgIpc) is 3.51. The molecule has 0 saturated heterocycles. The van der Waals surface area contributed by atoms with Crippen LogP contribution in [-0.2, 0) is 19.5 Å². The lowest BCUT2D eigenvalue weighted by molar-refractivity contribution is -0.704. The molecule has 0 spiro atoms. The number of aromatic nitrogens is 2. The number of hydrogen-bond donors (Lipinski definition) is 0. The molecule has 0 radical (unpaired) electrons. The second-order valence-electron chi connectivity index (χ2n) is 16.6. The highest BCUT2D eigenvalue weighted by Gasteiger charge is 2.16. The highest BCUT2D eigenvalue weighted by Crippen LogP contribution is 2.17. The molecule has 1 aromatic rings. The van der Waals surface area contributed by atoms with Crippen molar-refractivity contribution in [3.8, 4) is 0 Å². The van der Waals surface area contributed by atoms with Gasteiger partial charge in [0.05, 0.1) is 13.1 Å². The number of rotatable bonds is 42. The molecule has 0 bridgehead atoms. The van der Waals surface area contributed by atoms with Crippen LogP contribution in [0.2, 0.25) is 0 Å². The molecule has 0 N–H and O–H groups in total. The van der Waals surface area contributed by atoms with E-state index >= 15 is 0 Å². The Balaban J connectivity index is 2.24. The summed E-state index contributed by atoms with van der Waals surface area (Å²) in [6.45, 7) is 9.41. The Morgan fingerprint density at radius 3 is 0.960 bits per heavy atom. The molecule has 0 fully saturated rings. The van der Waals surface area contributed by atoms with E-state index in [-0.39, 0.29) is 0 Å². The average molecular weight is 700 g/mol. The molecule has 1 heterocycles. The molecule has 0 atom stereocenters. The minimum absolute atomic E-state index is 1.23. The van der Waals surface area contributed by atoms with Crippen molar-refractivity contribution in [3.05, 3.63) is 18.2 Å². The van der Waals surface area contributed by atoms with Gasteiger partial charge in [0.25, 0.3) is 5.82 Å². The second kappa shape index (κ2) is 39.4. The van der Waals surface area contributed by atoms with Crippen molar-refractivity contribution < 1.29 is 4.57 Å². The SMILES string of the molecule is CCCCCCCCCCCCCCCCCCCc1n(CCCCCCCCCCCCCC)cc[n+]1CCCCCCCCCCCC. The molecular formula is C48H95N2+. The topological polar surface area (TPSA) is 8.81 Å². The largest absolute Gasteiger partial charge is 0.256 e. The first-order chi connectivity index (χ1) is 24.8. The van der Waals surface area contributed by atoms with Crippen LogP contribution in [-0.4, -0.2) is 4.57 Å². The molecule has 0 aromatic carbocycles. The maximum absolute atomic E-state index is 2.65. The Kier molecular flexibility index (Phi) is 37.2. The van der Waals surface area contributed by atoms with Crippen molar-refractivity contribution in [3.63, 3.8) is 0 Å². The lowest BCUT2D eigenvalue weighted by Gasteiger charge is -2.07. The lowest BCUT2D eigenvalue weighted by atomic mass is 10.0. The van der Waals surface area contributed by atoms with E-state index in [2.05, 4.69) is 42.3 Å². The van der Waals surface area contributed by atoms with E-state index < -0.39 is 0 Å². The first kappa shape index (κ1) is 47.2. The van der Waals surface area contributed by atoms with Gasteiger partial charge in [-0.1, -0.05) is 239 Å². The van der Waals surface area contributed by atoms with Gasteiger partial charge in [-0.2, -0.15) is 0 Å². The van der Waals surface area contributed by atoms with Crippen molar-refractivity contribution in [2.24, 2.45) is 0 Å². The molecule has 2 heteroatoms. The molecule has 0 unspecified atom stereocenters. The van der Waals surface area contributed by atoms with Gasteiger partial charge in [0.2, 0.25) is 0 Å². The summed E-state index contributed by atoms with van der Waals surface area (Å²) in [6.07, 6.45) is 62.3. The standard InChI is InChI=1S/C48H95N2/c1-4-7-10-13-16-19-22-24-25-26-27-28-29-31-34-37-40-43-48-49(44-41-38-35-32-21-18-15-12-9-6-3)46-47-50(48)45-42-39-36-33-30-23-20-17-14-11-8-5-2/h46-47H,4-45H2,1-3H3/q+1. The lowest BCUT2D eigenvalue weighted by Crippen LogP contribution is -2.37. The van der Waals surface area contributed by atoms with E-state index in [0.717, 1.165) is 0 Å². The van der Waals surface area contributed by atoms with Crippen LogP contribution in [0, 0.1) is 0 Å². The molecule has 0 aliphatic heterocycles. The zero-order chi connectivity index (χ0) is 35.8. The summed E-state index contributed by atoms with van der Waals surface area (Å²) in [4.78, 5) is 0. The molecule has 1 rings (SSSR count). The van der Waals surface area contributed by atoms with Crippen molar-refractivity contribution in [2.75, 3.05) is 0 Å².